The van der Waals surface area contributed by atoms with Gasteiger partial charge in [-0.05, 0) is 33.4 Å². The Hall–Kier alpha value is -0.620. The molecule has 1 heterocycles. The Balaban J connectivity index is 2.20. The molecule has 1 fully saturated rings. The molecule has 0 saturated heterocycles. The molecule has 0 amide bonds. The molecule has 2 N–H and O–H groups in total. The van der Waals surface area contributed by atoms with E-state index in [0.717, 1.165) is 38.0 Å². The van der Waals surface area contributed by atoms with Crippen LogP contribution in [0.5, 0.6) is 0 Å². The van der Waals surface area contributed by atoms with Crippen molar-refractivity contribution in [2.75, 3.05) is 27.7 Å². The van der Waals surface area contributed by atoms with Crippen molar-refractivity contribution in [2.45, 2.75) is 37.5 Å². The summed E-state index contributed by atoms with van der Waals surface area (Å²) in [5.74, 6) is 0. The highest BCUT2D eigenvalue weighted by atomic mass is 35.5. The van der Waals surface area contributed by atoms with E-state index in [4.69, 9.17) is 22.1 Å². The van der Waals surface area contributed by atoms with Crippen LogP contribution in [0.3, 0.4) is 0 Å². The van der Waals surface area contributed by atoms with E-state index in [2.05, 4.69) is 10.00 Å². The van der Waals surface area contributed by atoms with Gasteiger partial charge in [-0.2, -0.15) is 5.10 Å². The largest absolute Gasteiger partial charge is 0.376 e. The number of hydrogen-bond donors (Lipinski definition) is 1. The average Bonchev–Trinajstić information content (AvgIpc) is 2.67. The molecule has 2 rings (SSSR count). The second-order valence-electron chi connectivity index (χ2n) is 5.50. The quantitative estimate of drug-likeness (QED) is 0.864. The van der Waals surface area contributed by atoms with Crippen molar-refractivity contribution >= 4 is 11.6 Å². The van der Waals surface area contributed by atoms with Crippen LogP contribution in [-0.4, -0.2) is 48.0 Å². The third kappa shape index (κ3) is 2.79. The lowest BCUT2D eigenvalue weighted by atomic mass is 9.73. The van der Waals surface area contributed by atoms with Crippen LogP contribution in [0.4, 0.5) is 0 Å². The third-order valence-electron chi connectivity index (χ3n) is 4.06. The number of nitrogens with zero attached hydrogens (tertiary/aromatic N) is 3. The lowest BCUT2D eigenvalue weighted by molar-refractivity contribution is -0.0927. The monoisotopic (exact) mass is 286 g/mol. The first-order valence-corrected chi connectivity index (χ1v) is 7.04. The number of hydrogen-bond acceptors (Lipinski definition) is 4. The standard InChI is InChI=1S/C13H23ClN4O/c1-17(2)7-8-18-11(10(14)9-16-18)12(15)13(19-3)5-4-6-13/h9,12H,4-8,15H2,1-3H3. The summed E-state index contributed by atoms with van der Waals surface area (Å²) < 4.78 is 7.57. The zero-order chi connectivity index (χ0) is 14.0. The summed E-state index contributed by atoms with van der Waals surface area (Å²) in [6, 6.07) is -0.219. The summed E-state index contributed by atoms with van der Waals surface area (Å²) in [6.45, 7) is 1.68. The van der Waals surface area contributed by atoms with E-state index >= 15 is 0 Å². The van der Waals surface area contributed by atoms with Gasteiger partial charge in [0.05, 0.1) is 35.1 Å². The van der Waals surface area contributed by atoms with Crippen LogP contribution in [0.25, 0.3) is 0 Å². The summed E-state index contributed by atoms with van der Waals surface area (Å²) in [6.07, 6.45) is 4.80. The van der Waals surface area contributed by atoms with Gasteiger partial charge in [0, 0.05) is 13.7 Å². The maximum atomic E-state index is 6.41. The smallest absolute Gasteiger partial charge is 0.0886 e. The second kappa shape index (κ2) is 5.79. The van der Waals surface area contributed by atoms with Gasteiger partial charge in [-0.15, -0.1) is 0 Å². The minimum Gasteiger partial charge on any atom is -0.376 e. The van der Waals surface area contributed by atoms with E-state index in [1.807, 2.05) is 18.8 Å². The van der Waals surface area contributed by atoms with Gasteiger partial charge < -0.3 is 15.4 Å². The van der Waals surface area contributed by atoms with Crippen molar-refractivity contribution in [3.8, 4) is 0 Å². The zero-order valence-corrected chi connectivity index (χ0v) is 12.7. The van der Waals surface area contributed by atoms with E-state index in [1.54, 1.807) is 13.3 Å². The Labute approximate surface area is 119 Å². The van der Waals surface area contributed by atoms with E-state index in [-0.39, 0.29) is 11.6 Å². The Morgan fingerprint density at radius 1 is 1.58 bits per heavy atom. The highest BCUT2D eigenvalue weighted by molar-refractivity contribution is 6.31. The summed E-state index contributed by atoms with van der Waals surface area (Å²) in [5, 5.41) is 4.97. The molecule has 0 radical (unpaired) electrons. The number of rotatable bonds is 6. The molecule has 1 unspecified atom stereocenters. The van der Waals surface area contributed by atoms with E-state index in [0.29, 0.717) is 5.02 Å². The van der Waals surface area contributed by atoms with Gasteiger partial charge in [0.25, 0.3) is 0 Å². The highest BCUT2D eigenvalue weighted by Gasteiger charge is 2.45. The van der Waals surface area contributed by atoms with Crippen LogP contribution in [-0.2, 0) is 11.3 Å². The maximum absolute atomic E-state index is 6.41. The number of nitrogens with two attached hydrogens (primary N) is 1. The molecule has 5 nitrogen and oxygen atoms in total. The first kappa shape index (κ1) is 14.8. The SMILES string of the molecule is COC1(C(N)c2c(Cl)cnn2CCN(C)C)CCC1. The van der Waals surface area contributed by atoms with Crippen LogP contribution >= 0.6 is 11.6 Å². The van der Waals surface area contributed by atoms with Crippen molar-refractivity contribution in [3.05, 3.63) is 16.9 Å². The number of halogens is 1. The van der Waals surface area contributed by atoms with Gasteiger partial charge in [0.1, 0.15) is 0 Å². The van der Waals surface area contributed by atoms with Crippen LogP contribution in [0.1, 0.15) is 31.0 Å². The average molecular weight is 287 g/mol. The van der Waals surface area contributed by atoms with Crippen molar-refractivity contribution in [3.63, 3.8) is 0 Å². The Kier molecular flexibility index (Phi) is 4.50. The van der Waals surface area contributed by atoms with Gasteiger partial charge in [0.2, 0.25) is 0 Å². The van der Waals surface area contributed by atoms with Gasteiger partial charge in [0.15, 0.2) is 0 Å². The van der Waals surface area contributed by atoms with Crippen molar-refractivity contribution in [1.29, 1.82) is 0 Å². The predicted molar refractivity (Wildman–Crippen MR) is 76.3 cm³/mol. The summed E-state index contributed by atoms with van der Waals surface area (Å²) in [5.41, 5.74) is 7.04. The van der Waals surface area contributed by atoms with Gasteiger partial charge in [-0.3, -0.25) is 4.68 Å². The van der Waals surface area contributed by atoms with Crippen LogP contribution in [0, 0.1) is 0 Å². The van der Waals surface area contributed by atoms with Gasteiger partial charge in [-0.1, -0.05) is 11.6 Å². The molecule has 0 bridgehead atoms. The fourth-order valence-electron chi connectivity index (χ4n) is 2.57. The Morgan fingerprint density at radius 3 is 2.74 bits per heavy atom. The molecule has 0 aromatic carbocycles. The first-order chi connectivity index (χ1) is 9.00. The number of likely N-dealkylation sites (N-methyl/N-ethyl adjacent to an activating group) is 1. The summed E-state index contributed by atoms with van der Waals surface area (Å²) in [7, 11) is 5.80. The van der Waals surface area contributed by atoms with E-state index < -0.39 is 0 Å². The molecule has 19 heavy (non-hydrogen) atoms. The van der Waals surface area contributed by atoms with Crippen LogP contribution < -0.4 is 5.73 Å². The molecule has 1 aliphatic carbocycles. The molecule has 1 saturated carbocycles. The molecule has 1 aromatic rings. The molecule has 1 aromatic heterocycles. The minimum absolute atomic E-state index is 0.219. The second-order valence-corrected chi connectivity index (χ2v) is 5.91. The molecular weight excluding hydrogens is 264 g/mol. The zero-order valence-electron chi connectivity index (χ0n) is 11.9. The van der Waals surface area contributed by atoms with Gasteiger partial charge in [-0.25, -0.2) is 0 Å². The first-order valence-electron chi connectivity index (χ1n) is 6.67. The topological polar surface area (TPSA) is 56.3 Å². The van der Waals surface area contributed by atoms with Crippen LogP contribution in [0.2, 0.25) is 5.02 Å². The lowest BCUT2D eigenvalue weighted by Crippen LogP contribution is -2.49. The fraction of sp³-hybridized carbons (Fsp3) is 0.769. The van der Waals surface area contributed by atoms with E-state index in [1.165, 1.54) is 0 Å². The van der Waals surface area contributed by atoms with Crippen molar-refractivity contribution in [1.82, 2.24) is 14.7 Å². The maximum Gasteiger partial charge on any atom is 0.0886 e. The van der Waals surface area contributed by atoms with Crippen LogP contribution in [0.15, 0.2) is 6.20 Å². The fourth-order valence-corrected chi connectivity index (χ4v) is 2.83. The lowest BCUT2D eigenvalue weighted by Gasteiger charge is -2.45. The van der Waals surface area contributed by atoms with E-state index in [9.17, 15) is 0 Å². The highest BCUT2D eigenvalue weighted by Crippen LogP contribution is 2.44. The third-order valence-corrected chi connectivity index (χ3v) is 4.35. The molecular formula is C13H23ClN4O. The van der Waals surface area contributed by atoms with Gasteiger partial charge >= 0.3 is 0 Å². The molecule has 0 aliphatic heterocycles. The molecule has 0 spiro atoms. The predicted octanol–water partition coefficient (Wildman–Crippen LogP) is 1.67. The molecule has 1 atom stereocenters. The number of methoxy groups -OCH3 is 1. The molecule has 1 aliphatic rings. The number of ether oxygens (including phenoxy) is 1. The Bertz CT molecular complexity index is 423. The minimum atomic E-state index is -0.264. The normalized spacial score (nSPS) is 19.5. The molecule has 6 heteroatoms. The van der Waals surface area contributed by atoms with Crippen molar-refractivity contribution < 1.29 is 4.74 Å². The summed E-state index contributed by atoms with van der Waals surface area (Å²) >= 11 is 6.27. The number of aromatic nitrogens is 2. The Morgan fingerprint density at radius 2 is 2.26 bits per heavy atom. The summed E-state index contributed by atoms with van der Waals surface area (Å²) in [4.78, 5) is 2.11. The van der Waals surface area contributed by atoms with Crippen molar-refractivity contribution in [2.24, 2.45) is 5.73 Å². The molecule has 108 valence electrons.